The summed E-state index contributed by atoms with van der Waals surface area (Å²) in [4.78, 5) is 29.4. The molecule has 1 amide bonds. The second kappa shape index (κ2) is 10.7. The second-order valence-electron chi connectivity index (χ2n) is 11.1. The fourth-order valence-electron chi connectivity index (χ4n) is 3.13. The summed E-state index contributed by atoms with van der Waals surface area (Å²) in [6, 6.07) is 5.42. The minimum atomic E-state index is -1.91. The van der Waals surface area contributed by atoms with Gasteiger partial charge >= 0.3 is 6.09 Å². The fourth-order valence-corrected chi connectivity index (χ4v) is 4.07. The van der Waals surface area contributed by atoms with Gasteiger partial charge in [-0.05, 0) is 48.0 Å². The number of Topliss-reactive ketones (excluding diaryl/α,β-unsaturated/α-hetero) is 1. The van der Waals surface area contributed by atoms with Gasteiger partial charge in [0, 0.05) is 7.05 Å². The van der Waals surface area contributed by atoms with Gasteiger partial charge in [0.15, 0.2) is 14.1 Å². The van der Waals surface area contributed by atoms with Crippen molar-refractivity contribution in [1.82, 2.24) is 10.3 Å². The van der Waals surface area contributed by atoms with E-state index in [9.17, 15) is 9.59 Å². The van der Waals surface area contributed by atoms with Crippen molar-refractivity contribution in [3.05, 3.63) is 29.6 Å². The summed E-state index contributed by atoms with van der Waals surface area (Å²) in [7, 11) is -0.391. The Hall–Kier alpha value is -1.73. The van der Waals surface area contributed by atoms with Crippen LogP contribution in [0.5, 0.6) is 0 Å². The van der Waals surface area contributed by atoms with Crippen molar-refractivity contribution in [2.45, 2.75) is 92.2 Å². The van der Waals surface area contributed by atoms with E-state index < -0.39 is 20.5 Å². The third-order valence-electron chi connectivity index (χ3n) is 5.90. The van der Waals surface area contributed by atoms with E-state index in [2.05, 4.69) is 64.9 Å². The summed E-state index contributed by atoms with van der Waals surface area (Å²) in [5.74, 6) is -0.102. The zero-order valence-corrected chi connectivity index (χ0v) is 22.1. The van der Waals surface area contributed by atoms with E-state index in [1.54, 1.807) is 6.07 Å². The average Bonchev–Trinajstić information content (AvgIpc) is 2.63. The molecule has 0 saturated carbocycles. The van der Waals surface area contributed by atoms with Crippen molar-refractivity contribution < 1.29 is 18.8 Å². The zero-order chi connectivity index (χ0) is 24.0. The minimum absolute atomic E-state index is 0.0337. The van der Waals surface area contributed by atoms with Crippen LogP contribution < -0.4 is 5.32 Å². The molecular formula is C24H42N2O4Si. The molecule has 0 spiro atoms. The van der Waals surface area contributed by atoms with Crippen LogP contribution in [0.15, 0.2) is 18.2 Å². The maximum absolute atomic E-state index is 13.0. The lowest BCUT2D eigenvalue weighted by Gasteiger charge is -2.36. The Bertz CT molecular complexity index is 751. The van der Waals surface area contributed by atoms with Crippen molar-refractivity contribution in [1.29, 1.82) is 0 Å². The highest BCUT2D eigenvalue weighted by molar-refractivity contribution is 6.74. The number of hydrogen-bond acceptors (Lipinski definition) is 5. The van der Waals surface area contributed by atoms with Gasteiger partial charge in [0.05, 0.1) is 18.7 Å². The normalized spacial score (nSPS) is 14.6. The number of hydrogen-bond donors (Lipinski definition) is 1. The molecule has 0 aliphatic carbocycles. The number of carbonyl (C=O) groups is 2. The van der Waals surface area contributed by atoms with E-state index >= 15 is 0 Å². The van der Waals surface area contributed by atoms with Crippen LogP contribution >= 0.6 is 0 Å². The fraction of sp³-hybridized carbons (Fsp3) is 0.708. The molecule has 1 aromatic heterocycles. The first-order valence-electron chi connectivity index (χ1n) is 11.1. The van der Waals surface area contributed by atoms with Gasteiger partial charge < -0.3 is 14.5 Å². The van der Waals surface area contributed by atoms with E-state index in [-0.39, 0.29) is 28.6 Å². The smallest absolute Gasteiger partial charge is 0.407 e. The Morgan fingerprint density at radius 2 is 1.74 bits per heavy atom. The molecule has 0 fully saturated rings. The Morgan fingerprint density at radius 3 is 2.26 bits per heavy atom. The number of pyridine rings is 1. The third-order valence-corrected chi connectivity index (χ3v) is 10.4. The summed E-state index contributed by atoms with van der Waals surface area (Å²) in [6.07, 6.45) is -0.108. The number of ketones is 1. The molecule has 0 radical (unpaired) electrons. The van der Waals surface area contributed by atoms with Crippen LogP contribution in [0.1, 0.15) is 77.5 Å². The lowest BCUT2D eigenvalue weighted by molar-refractivity contribution is 0.0454. The van der Waals surface area contributed by atoms with E-state index in [0.29, 0.717) is 12.3 Å². The van der Waals surface area contributed by atoms with Crippen LogP contribution in [0, 0.1) is 11.3 Å². The number of nitrogens with zero attached hydrogens (tertiary/aromatic N) is 1. The van der Waals surface area contributed by atoms with Gasteiger partial charge in [0.1, 0.15) is 11.8 Å². The van der Waals surface area contributed by atoms with Crippen LogP contribution in [0.25, 0.3) is 0 Å². The summed E-state index contributed by atoms with van der Waals surface area (Å²) in [6.45, 7) is 19.8. The van der Waals surface area contributed by atoms with Gasteiger partial charge in [-0.1, -0.05) is 54.5 Å². The number of ether oxygens (including phenoxy) is 1. The molecule has 31 heavy (non-hydrogen) atoms. The van der Waals surface area contributed by atoms with Gasteiger partial charge in [-0.25, -0.2) is 9.78 Å². The van der Waals surface area contributed by atoms with Crippen molar-refractivity contribution in [3.8, 4) is 0 Å². The molecule has 6 nitrogen and oxygen atoms in total. The third kappa shape index (κ3) is 9.11. The van der Waals surface area contributed by atoms with Crippen LogP contribution in [0.2, 0.25) is 18.1 Å². The second-order valence-corrected chi connectivity index (χ2v) is 15.9. The molecule has 1 heterocycles. The highest BCUT2D eigenvalue weighted by Crippen LogP contribution is 2.37. The predicted octanol–water partition coefficient (Wildman–Crippen LogP) is 5.97. The largest absolute Gasteiger partial charge is 0.445 e. The number of amides is 1. The molecule has 0 aliphatic rings. The van der Waals surface area contributed by atoms with E-state index in [0.717, 1.165) is 12.1 Å². The SMILES string of the molecule is CNC(=O)O[C@H](CC(=O)c1cccc(CO[Si](C)(C)C(C)(C)C)n1)C(C)CC(C)(C)C. The number of carbonyl (C=O) groups excluding carboxylic acids is 2. The Balaban J connectivity index is 2.94. The summed E-state index contributed by atoms with van der Waals surface area (Å²) < 4.78 is 11.8. The lowest BCUT2D eigenvalue weighted by Crippen LogP contribution is -2.40. The molecular weight excluding hydrogens is 408 g/mol. The topological polar surface area (TPSA) is 77.5 Å². The van der Waals surface area contributed by atoms with E-state index in [4.69, 9.17) is 9.16 Å². The van der Waals surface area contributed by atoms with Gasteiger partial charge in [0.2, 0.25) is 0 Å². The average molecular weight is 451 g/mol. The molecule has 1 unspecified atom stereocenters. The number of alkyl carbamates (subject to hydrolysis) is 1. The molecule has 2 atom stereocenters. The summed E-state index contributed by atoms with van der Waals surface area (Å²) in [5.41, 5.74) is 1.18. The quantitative estimate of drug-likeness (QED) is 0.370. The van der Waals surface area contributed by atoms with Crippen molar-refractivity contribution in [2.24, 2.45) is 11.3 Å². The zero-order valence-electron chi connectivity index (χ0n) is 21.1. The minimum Gasteiger partial charge on any atom is -0.445 e. The highest BCUT2D eigenvalue weighted by atomic mass is 28.4. The van der Waals surface area contributed by atoms with Crippen molar-refractivity contribution >= 4 is 20.2 Å². The van der Waals surface area contributed by atoms with Crippen molar-refractivity contribution in [2.75, 3.05) is 7.05 Å². The molecule has 0 aromatic carbocycles. The van der Waals surface area contributed by atoms with Gasteiger partial charge in [-0.2, -0.15) is 0 Å². The van der Waals surface area contributed by atoms with Gasteiger partial charge in [0.25, 0.3) is 0 Å². The first-order chi connectivity index (χ1) is 14.1. The predicted molar refractivity (Wildman–Crippen MR) is 128 cm³/mol. The van der Waals surface area contributed by atoms with E-state index in [1.165, 1.54) is 7.05 Å². The molecule has 176 valence electrons. The Labute approximate surface area is 189 Å². The molecule has 0 aliphatic heterocycles. The van der Waals surface area contributed by atoms with Crippen LogP contribution in [-0.4, -0.2) is 38.3 Å². The standard InChI is InChI=1S/C24H42N2O4Si/c1-17(15-23(2,3)4)21(30-22(28)25-8)14-20(27)19-13-11-12-18(26-19)16-29-31(9,10)24(5,6)7/h11-13,17,21H,14-16H2,1-10H3,(H,25,28)/t17?,21-/m1/s1. The molecule has 0 saturated heterocycles. The van der Waals surface area contributed by atoms with Crippen LogP contribution in [0.3, 0.4) is 0 Å². The summed E-state index contributed by atoms with van der Waals surface area (Å²) >= 11 is 0. The van der Waals surface area contributed by atoms with Crippen LogP contribution in [-0.2, 0) is 15.8 Å². The van der Waals surface area contributed by atoms with Gasteiger partial charge in [-0.3, -0.25) is 4.79 Å². The molecule has 1 rings (SSSR count). The van der Waals surface area contributed by atoms with Gasteiger partial charge in [-0.15, -0.1) is 0 Å². The number of nitrogens with one attached hydrogen (secondary N) is 1. The molecule has 1 aromatic rings. The number of rotatable bonds is 9. The van der Waals surface area contributed by atoms with Crippen molar-refractivity contribution in [3.63, 3.8) is 0 Å². The monoisotopic (exact) mass is 450 g/mol. The molecule has 7 heteroatoms. The lowest BCUT2D eigenvalue weighted by atomic mass is 9.82. The maximum atomic E-state index is 13.0. The number of aromatic nitrogens is 1. The summed E-state index contributed by atoms with van der Waals surface area (Å²) in [5, 5.41) is 2.58. The van der Waals surface area contributed by atoms with Crippen LogP contribution in [0.4, 0.5) is 4.79 Å². The Kier molecular flexibility index (Phi) is 9.45. The Morgan fingerprint density at radius 1 is 1.13 bits per heavy atom. The molecule has 1 N–H and O–H groups in total. The first-order valence-corrected chi connectivity index (χ1v) is 14.0. The maximum Gasteiger partial charge on any atom is 0.407 e. The molecule has 0 bridgehead atoms. The van der Waals surface area contributed by atoms with E-state index in [1.807, 2.05) is 19.1 Å². The highest BCUT2D eigenvalue weighted by Gasteiger charge is 2.37. The first kappa shape index (κ1) is 27.3.